The van der Waals surface area contributed by atoms with E-state index in [0.29, 0.717) is 29.3 Å². The Morgan fingerprint density at radius 2 is 1.83 bits per heavy atom. The number of nitrogens with zero attached hydrogens (tertiary/aromatic N) is 1. The molecule has 18 heavy (non-hydrogen) atoms. The highest BCUT2D eigenvalue weighted by Gasteiger charge is 2.43. The number of nitrogens with one attached hydrogen (secondary N) is 1. The van der Waals surface area contributed by atoms with Gasteiger partial charge < -0.3 is 10.2 Å². The third kappa shape index (κ3) is 2.56. The zero-order valence-electron chi connectivity index (χ0n) is 11.7. The number of amides is 1. The van der Waals surface area contributed by atoms with Crippen molar-refractivity contribution in [3.8, 4) is 0 Å². The fourth-order valence-corrected chi connectivity index (χ4v) is 3.04. The van der Waals surface area contributed by atoms with E-state index in [1.54, 1.807) is 0 Å². The number of carbonyl (C=O) groups is 1. The maximum Gasteiger partial charge on any atom is 0.225 e. The van der Waals surface area contributed by atoms with Gasteiger partial charge in [0.1, 0.15) is 0 Å². The number of carbonyl (C=O) groups excluding carboxylic acids is 1. The molecule has 1 N–H and O–H groups in total. The van der Waals surface area contributed by atoms with Crippen molar-refractivity contribution in [2.45, 2.75) is 64.5 Å². The van der Waals surface area contributed by atoms with Gasteiger partial charge in [-0.15, -0.1) is 0 Å². The maximum absolute atomic E-state index is 12.0. The number of hydrogen-bond donors (Lipinski definition) is 1. The first-order valence-electron chi connectivity index (χ1n) is 7.63. The molecule has 3 aliphatic rings. The van der Waals surface area contributed by atoms with Crippen molar-refractivity contribution in [2.75, 3.05) is 13.1 Å². The number of likely N-dealkylation sites (tertiary alicyclic amines) is 1. The topological polar surface area (TPSA) is 32.3 Å². The highest BCUT2D eigenvalue weighted by molar-refractivity contribution is 5.81. The summed E-state index contributed by atoms with van der Waals surface area (Å²) < 4.78 is 0. The Kier molecular flexibility index (Phi) is 3.13. The van der Waals surface area contributed by atoms with Gasteiger partial charge in [-0.25, -0.2) is 0 Å². The highest BCUT2D eigenvalue weighted by Crippen LogP contribution is 2.48. The van der Waals surface area contributed by atoms with Gasteiger partial charge in [-0.1, -0.05) is 6.92 Å². The molecule has 1 saturated heterocycles. The van der Waals surface area contributed by atoms with E-state index >= 15 is 0 Å². The molecular formula is C15H26N2O. The Bertz CT molecular complexity index is 325. The summed E-state index contributed by atoms with van der Waals surface area (Å²) in [6.07, 6.45) is 7.29. The summed E-state index contributed by atoms with van der Waals surface area (Å²) in [4.78, 5) is 14.1. The van der Waals surface area contributed by atoms with Crippen LogP contribution in [-0.2, 0) is 4.79 Å². The fraction of sp³-hybridized carbons (Fsp3) is 0.933. The number of piperidine rings is 1. The molecule has 3 heteroatoms. The Morgan fingerprint density at radius 3 is 2.33 bits per heavy atom. The second-order valence-electron chi connectivity index (χ2n) is 6.92. The van der Waals surface area contributed by atoms with E-state index in [1.807, 2.05) is 0 Å². The monoisotopic (exact) mass is 250 g/mol. The van der Waals surface area contributed by atoms with Crippen LogP contribution in [0, 0.1) is 11.3 Å². The molecule has 3 rings (SSSR count). The molecule has 0 spiro atoms. The molecule has 1 unspecified atom stereocenters. The average Bonchev–Trinajstić information content (AvgIpc) is 3.24. The van der Waals surface area contributed by atoms with Crippen molar-refractivity contribution in [3.05, 3.63) is 0 Å². The predicted octanol–water partition coefficient (Wildman–Crippen LogP) is 2.17. The van der Waals surface area contributed by atoms with Gasteiger partial charge in [-0.2, -0.15) is 0 Å². The van der Waals surface area contributed by atoms with Gasteiger partial charge in [0.05, 0.1) is 0 Å². The summed E-state index contributed by atoms with van der Waals surface area (Å²) in [7, 11) is 0. The lowest BCUT2D eigenvalue weighted by Crippen LogP contribution is -2.49. The molecule has 0 aromatic carbocycles. The van der Waals surface area contributed by atoms with Crippen LogP contribution >= 0.6 is 0 Å². The van der Waals surface area contributed by atoms with Crippen LogP contribution in [0.1, 0.15) is 52.4 Å². The second-order valence-corrected chi connectivity index (χ2v) is 6.92. The molecule has 1 heterocycles. The lowest BCUT2D eigenvalue weighted by molar-refractivity contribution is -0.133. The summed E-state index contributed by atoms with van der Waals surface area (Å²) >= 11 is 0. The van der Waals surface area contributed by atoms with Crippen LogP contribution in [0.25, 0.3) is 0 Å². The summed E-state index contributed by atoms with van der Waals surface area (Å²) in [5.74, 6) is 0.814. The Morgan fingerprint density at radius 1 is 1.22 bits per heavy atom. The van der Waals surface area contributed by atoms with Gasteiger partial charge in [-0.3, -0.25) is 4.79 Å². The zero-order chi connectivity index (χ0) is 12.8. The van der Waals surface area contributed by atoms with E-state index in [2.05, 4.69) is 24.1 Å². The van der Waals surface area contributed by atoms with Crippen LogP contribution in [-0.4, -0.2) is 36.0 Å². The number of rotatable bonds is 4. The first-order chi connectivity index (χ1) is 8.58. The van der Waals surface area contributed by atoms with Crippen LogP contribution < -0.4 is 5.32 Å². The molecular weight excluding hydrogens is 224 g/mol. The minimum atomic E-state index is 0.388. The smallest absolute Gasteiger partial charge is 0.225 e. The zero-order valence-corrected chi connectivity index (χ0v) is 11.7. The summed E-state index contributed by atoms with van der Waals surface area (Å²) in [5.41, 5.74) is 0.557. The van der Waals surface area contributed by atoms with Crippen molar-refractivity contribution in [1.29, 1.82) is 0 Å². The molecule has 1 aliphatic heterocycles. The van der Waals surface area contributed by atoms with Crippen LogP contribution in [0.3, 0.4) is 0 Å². The normalized spacial score (nSPS) is 29.1. The van der Waals surface area contributed by atoms with Gasteiger partial charge in [-0.05, 0) is 50.9 Å². The molecule has 1 atom stereocenters. The van der Waals surface area contributed by atoms with E-state index in [4.69, 9.17) is 0 Å². The van der Waals surface area contributed by atoms with Crippen molar-refractivity contribution in [3.63, 3.8) is 0 Å². The van der Waals surface area contributed by atoms with Crippen molar-refractivity contribution in [1.82, 2.24) is 10.2 Å². The van der Waals surface area contributed by atoms with Gasteiger partial charge in [0.2, 0.25) is 5.91 Å². The first-order valence-corrected chi connectivity index (χ1v) is 7.63. The molecule has 0 radical (unpaired) electrons. The molecule has 0 aromatic heterocycles. The van der Waals surface area contributed by atoms with E-state index in [9.17, 15) is 4.79 Å². The number of hydrogen-bond acceptors (Lipinski definition) is 2. The molecule has 2 saturated carbocycles. The SMILES string of the molecule is CC(NC1CCN(C(=O)C2CC2)CC1)C1(C)CC1. The molecule has 102 valence electrons. The summed E-state index contributed by atoms with van der Waals surface area (Å²) in [6, 6.07) is 1.26. The lowest BCUT2D eigenvalue weighted by atomic mass is 9.97. The maximum atomic E-state index is 12.0. The van der Waals surface area contributed by atoms with Crippen LogP contribution in [0.4, 0.5) is 0 Å². The lowest BCUT2D eigenvalue weighted by Gasteiger charge is -2.35. The minimum absolute atomic E-state index is 0.388. The van der Waals surface area contributed by atoms with Crippen LogP contribution in [0.5, 0.6) is 0 Å². The minimum Gasteiger partial charge on any atom is -0.342 e. The van der Waals surface area contributed by atoms with E-state index in [1.165, 1.54) is 12.8 Å². The van der Waals surface area contributed by atoms with E-state index in [-0.39, 0.29) is 0 Å². The fourth-order valence-electron chi connectivity index (χ4n) is 3.04. The summed E-state index contributed by atoms with van der Waals surface area (Å²) in [6.45, 7) is 6.65. The van der Waals surface area contributed by atoms with Crippen LogP contribution in [0.2, 0.25) is 0 Å². The van der Waals surface area contributed by atoms with E-state index in [0.717, 1.165) is 38.8 Å². The van der Waals surface area contributed by atoms with Crippen molar-refractivity contribution in [2.24, 2.45) is 11.3 Å². The third-order valence-electron chi connectivity index (χ3n) is 5.30. The van der Waals surface area contributed by atoms with Gasteiger partial charge in [0.25, 0.3) is 0 Å². The quantitative estimate of drug-likeness (QED) is 0.829. The molecule has 2 aliphatic carbocycles. The first kappa shape index (κ1) is 12.5. The predicted molar refractivity (Wildman–Crippen MR) is 72.3 cm³/mol. The Hall–Kier alpha value is -0.570. The largest absolute Gasteiger partial charge is 0.342 e. The molecule has 3 nitrogen and oxygen atoms in total. The van der Waals surface area contributed by atoms with Gasteiger partial charge in [0.15, 0.2) is 0 Å². The third-order valence-corrected chi connectivity index (χ3v) is 5.30. The molecule has 1 amide bonds. The van der Waals surface area contributed by atoms with Crippen LogP contribution in [0.15, 0.2) is 0 Å². The average molecular weight is 250 g/mol. The van der Waals surface area contributed by atoms with Gasteiger partial charge >= 0.3 is 0 Å². The molecule has 0 bridgehead atoms. The highest BCUT2D eigenvalue weighted by atomic mass is 16.2. The van der Waals surface area contributed by atoms with E-state index < -0.39 is 0 Å². The van der Waals surface area contributed by atoms with Gasteiger partial charge in [0, 0.05) is 31.1 Å². The standard InChI is InChI=1S/C15H26N2O/c1-11(15(2)7-8-15)16-13-5-9-17(10-6-13)14(18)12-3-4-12/h11-13,16H,3-10H2,1-2H3. The molecule has 3 fully saturated rings. The second kappa shape index (κ2) is 4.52. The Labute approximate surface area is 110 Å². The summed E-state index contributed by atoms with van der Waals surface area (Å²) in [5, 5.41) is 3.79. The van der Waals surface area contributed by atoms with Crippen molar-refractivity contribution < 1.29 is 4.79 Å². The molecule has 0 aromatic rings. The van der Waals surface area contributed by atoms with Crippen molar-refractivity contribution >= 4 is 5.91 Å². The Balaban J connectivity index is 1.43.